The molecule has 0 radical (unpaired) electrons. The molecule has 0 bridgehead atoms. The van der Waals surface area contributed by atoms with Crippen LogP contribution in [0.1, 0.15) is 67.3 Å². The monoisotopic (exact) mass is 403 g/mol. The second kappa shape index (κ2) is 7.63. The third-order valence-corrected chi connectivity index (χ3v) is 6.11. The maximum absolute atomic E-state index is 12.4. The number of anilines is 1. The van der Waals surface area contributed by atoms with E-state index in [1.807, 2.05) is 24.3 Å². The minimum atomic E-state index is -0.356. The summed E-state index contributed by atoms with van der Waals surface area (Å²) >= 11 is 0. The van der Waals surface area contributed by atoms with Crippen LogP contribution in [0.4, 0.5) is 5.69 Å². The Kier molecular flexibility index (Phi) is 5.14. The minimum Gasteiger partial charge on any atom is -0.451 e. The molecule has 1 aliphatic heterocycles. The van der Waals surface area contributed by atoms with Crippen LogP contribution in [-0.4, -0.2) is 24.2 Å². The molecule has 3 aromatic rings. The van der Waals surface area contributed by atoms with Crippen LogP contribution in [0.15, 0.2) is 52.0 Å². The number of aryl methyl sites for hydroxylation is 1. The molecule has 2 heterocycles. The fraction of sp³-hybridized carbons (Fsp3) is 0.360. The Morgan fingerprint density at radius 2 is 2.07 bits per heavy atom. The van der Waals surface area contributed by atoms with E-state index in [9.17, 15) is 4.79 Å². The van der Waals surface area contributed by atoms with Gasteiger partial charge in [-0.15, -0.1) is 0 Å². The van der Waals surface area contributed by atoms with Gasteiger partial charge in [-0.25, -0.2) is 5.43 Å². The van der Waals surface area contributed by atoms with Crippen molar-refractivity contribution in [3.8, 4) is 0 Å². The van der Waals surface area contributed by atoms with Gasteiger partial charge < -0.3 is 9.32 Å². The van der Waals surface area contributed by atoms with Crippen molar-refractivity contribution in [2.24, 2.45) is 5.10 Å². The fourth-order valence-corrected chi connectivity index (χ4v) is 4.70. The number of hydrogen-bond donors (Lipinski definition) is 1. The van der Waals surface area contributed by atoms with Crippen LogP contribution in [0.25, 0.3) is 11.0 Å². The lowest BCUT2D eigenvalue weighted by molar-refractivity contribution is 0.0929. The van der Waals surface area contributed by atoms with Crippen molar-refractivity contribution in [1.29, 1.82) is 0 Å². The van der Waals surface area contributed by atoms with Crippen LogP contribution in [0.2, 0.25) is 0 Å². The van der Waals surface area contributed by atoms with E-state index in [4.69, 9.17) is 4.42 Å². The molecular weight excluding hydrogens is 374 g/mol. The van der Waals surface area contributed by atoms with Gasteiger partial charge in [0.15, 0.2) is 5.76 Å². The zero-order chi connectivity index (χ0) is 21.5. The molecule has 30 heavy (non-hydrogen) atoms. The maximum Gasteiger partial charge on any atom is 0.307 e. The van der Waals surface area contributed by atoms with E-state index < -0.39 is 0 Å². The molecule has 0 saturated carbocycles. The normalized spacial score (nSPS) is 18.0. The molecule has 0 fully saturated rings. The van der Waals surface area contributed by atoms with Crippen molar-refractivity contribution in [1.82, 2.24) is 5.43 Å². The van der Waals surface area contributed by atoms with E-state index in [1.165, 1.54) is 11.3 Å². The van der Waals surface area contributed by atoms with Crippen LogP contribution in [0.3, 0.4) is 0 Å². The Labute approximate surface area is 177 Å². The Morgan fingerprint density at radius 1 is 1.30 bits per heavy atom. The van der Waals surface area contributed by atoms with Crippen LogP contribution in [0, 0.1) is 6.92 Å². The van der Waals surface area contributed by atoms with Gasteiger partial charge >= 0.3 is 5.91 Å². The number of carbonyl (C=O) groups is 1. The topological polar surface area (TPSA) is 57.8 Å². The van der Waals surface area contributed by atoms with E-state index in [1.54, 1.807) is 12.3 Å². The smallest absolute Gasteiger partial charge is 0.307 e. The van der Waals surface area contributed by atoms with Crippen molar-refractivity contribution < 1.29 is 9.21 Å². The molecule has 2 aromatic carbocycles. The van der Waals surface area contributed by atoms with Gasteiger partial charge in [0.2, 0.25) is 0 Å². The van der Waals surface area contributed by atoms with Crippen LogP contribution in [0.5, 0.6) is 0 Å². The molecule has 1 aromatic heterocycles. The first-order valence-corrected chi connectivity index (χ1v) is 10.5. The Hall–Kier alpha value is -3.08. The van der Waals surface area contributed by atoms with Crippen LogP contribution in [-0.2, 0) is 0 Å². The minimum absolute atomic E-state index is 0.143. The first-order chi connectivity index (χ1) is 14.3. The van der Waals surface area contributed by atoms with Crippen molar-refractivity contribution in [2.45, 2.75) is 52.5 Å². The second-order valence-corrected chi connectivity index (χ2v) is 8.78. The molecule has 1 N–H and O–H groups in total. The first-order valence-electron chi connectivity index (χ1n) is 10.5. The zero-order valence-corrected chi connectivity index (χ0v) is 18.3. The Morgan fingerprint density at radius 3 is 2.80 bits per heavy atom. The summed E-state index contributed by atoms with van der Waals surface area (Å²) in [6, 6.07) is 13.7. The summed E-state index contributed by atoms with van der Waals surface area (Å²) in [5.74, 6) is 0.367. The quantitative estimate of drug-likeness (QED) is 0.454. The third-order valence-electron chi connectivity index (χ3n) is 6.11. The number of amides is 1. The molecular formula is C25H29N3O2. The summed E-state index contributed by atoms with van der Waals surface area (Å²) in [4.78, 5) is 14.9. The number of furan rings is 1. The van der Waals surface area contributed by atoms with Gasteiger partial charge in [0.1, 0.15) is 5.58 Å². The number of carbonyl (C=O) groups excluding carboxylic acids is 1. The number of nitrogens with one attached hydrogen (secondary N) is 1. The van der Waals surface area contributed by atoms with E-state index in [2.05, 4.69) is 62.2 Å². The Bertz CT molecular complexity index is 1090. The van der Waals surface area contributed by atoms with Crippen molar-refractivity contribution in [3.05, 3.63) is 64.9 Å². The molecule has 5 nitrogen and oxygen atoms in total. The number of para-hydroxylation sites is 1. The van der Waals surface area contributed by atoms with E-state index in [0.29, 0.717) is 11.5 Å². The van der Waals surface area contributed by atoms with E-state index >= 15 is 0 Å². The van der Waals surface area contributed by atoms with Gasteiger partial charge in [0.25, 0.3) is 0 Å². The number of benzene rings is 2. The highest BCUT2D eigenvalue weighted by Gasteiger charge is 2.35. The lowest BCUT2D eigenvalue weighted by Crippen LogP contribution is -2.48. The summed E-state index contributed by atoms with van der Waals surface area (Å²) in [6.07, 6.45) is 2.83. The van der Waals surface area contributed by atoms with Gasteiger partial charge in [-0.2, -0.15) is 5.10 Å². The highest BCUT2D eigenvalue weighted by atomic mass is 16.3. The van der Waals surface area contributed by atoms with Crippen LogP contribution >= 0.6 is 0 Å². The molecule has 0 aliphatic carbocycles. The molecule has 1 atom stereocenters. The highest BCUT2D eigenvalue weighted by Crippen LogP contribution is 2.43. The lowest BCUT2D eigenvalue weighted by Gasteiger charge is -2.47. The average molecular weight is 404 g/mol. The second-order valence-electron chi connectivity index (χ2n) is 8.78. The van der Waals surface area contributed by atoms with Gasteiger partial charge in [0, 0.05) is 23.2 Å². The molecule has 0 unspecified atom stereocenters. The van der Waals surface area contributed by atoms with Crippen molar-refractivity contribution in [3.63, 3.8) is 0 Å². The van der Waals surface area contributed by atoms with Crippen LogP contribution < -0.4 is 10.3 Å². The summed E-state index contributed by atoms with van der Waals surface area (Å²) in [6.45, 7) is 12.2. The van der Waals surface area contributed by atoms with Gasteiger partial charge in [-0.1, -0.05) is 25.1 Å². The number of fused-ring (bicyclic) bond motifs is 2. The van der Waals surface area contributed by atoms with Gasteiger partial charge in [0.05, 0.1) is 6.21 Å². The molecule has 156 valence electrons. The predicted octanol–water partition coefficient (Wildman–Crippen LogP) is 5.62. The maximum atomic E-state index is 12.4. The summed E-state index contributed by atoms with van der Waals surface area (Å²) in [5.41, 5.74) is 8.22. The predicted molar refractivity (Wildman–Crippen MR) is 123 cm³/mol. The van der Waals surface area contributed by atoms with E-state index in [-0.39, 0.29) is 17.2 Å². The number of rotatable bonds is 4. The molecule has 1 aliphatic rings. The number of hydrogen-bond acceptors (Lipinski definition) is 4. The SMILES string of the molecule is CCN1c2cc(C)c(/C=N/NC(=O)c3cc4ccccc4o3)cc2[C@H](C)CC1(C)C. The number of hydrazone groups is 1. The van der Waals surface area contributed by atoms with Crippen molar-refractivity contribution >= 4 is 28.8 Å². The third kappa shape index (κ3) is 3.60. The standard InChI is InChI=1S/C25H29N3O2/c1-6-28-21-11-16(2)19(12-20(21)17(3)14-25(28,4)5)15-26-27-24(29)23-13-18-9-7-8-10-22(18)30-23/h7-13,15,17H,6,14H2,1-5H3,(H,27,29)/b26-15+/t17-/m1/s1. The lowest BCUT2D eigenvalue weighted by atomic mass is 9.79. The average Bonchev–Trinajstić information content (AvgIpc) is 3.13. The Balaban J connectivity index is 1.55. The largest absolute Gasteiger partial charge is 0.451 e. The fourth-order valence-electron chi connectivity index (χ4n) is 4.70. The van der Waals surface area contributed by atoms with Crippen molar-refractivity contribution in [2.75, 3.05) is 11.4 Å². The summed E-state index contributed by atoms with van der Waals surface area (Å²) in [5, 5.41) is 5.09. The molecule has 0 saturated heterocycles. The molecule has 1 amide bonds. The number of nitrogens with zero attached hydrogens (tertiary/aromatic N) is 2. The van der Waals surface area contributed by atoms with E-state index in [0.717, 1.165) is 29.5 Å². The zero-order valence-electron chi connectivity index (χ0n) is 18.3. The molecule has 5 heteroatoms. The van der Waals surface area contributed by atoms with Gasteiger partial charge in [-0.3, -0.25) is 4.79 Å². The molecule has 0 spiro atoms. The summed E-state index contributed by atoms with van der Waals surface area (Å²) < 4.78 is 5.60. The highest BCUT2D eigenvalue weighted by molar-refractivity contribution is 5.96. The first kappa shape index (κ1) is 20.2. The van der Waals surface area contributed by atoms with Gasteiger partial charge in [-0.05, 0) is 81.0 Å². The molecule has 4 rings (SSSR count). The summed E-state index contributed by atoms with van der Waals surface area (Å²) in [7, 11) is 0.